The molecule has 2 aliphatic rings. The van der Waals surface area contributed by atoms with Crippen LogP contribution in [0.4, 0.5) is 4.79 Å². The molecule has 1 aromatic rings. The highest BCUT2D eigenvalue weighted by molar-refractivity contribution is 6.09. The van der Waals surface area contributed by atoms with Crippen molar-refractivity contribution in [1.29, 1.82) is 5.26 Å². The Kier molecular flexibility index (Phi) is 5.68. The quantitative estimate of drug-likeness (QED) is 0.708. The molecule has 1 aromatic carbocycles. The van der Waals surface area contributed by atoms with Crippen LogP contribution < -0.4 is 10.6 Å². The molecule has 0 radical (unpaired) electrons. The number of amides is 4. The van der Waals surface area contributed by atoms with E-state index in [1.54, 1.807) is 0 Å². The molecule has 148 valence electrons. The van der Waals surface area contributed by atoms with Crippen molar-refractivity contribution in [2.75, 3.05) is 6.54 Å². The van der Waals surface area contributed by atoms with Gasteiger partial charge >= 0.3 is 6.03 Å². The van der Waals surface area contributed by atoms with Crippen LogP contribution in [-0.2, 0) is 15.1 Å². The van der Waals surface area contributed by atoms with E-state index in [1.807, 2.05) is 37.3 Å². The number of carbonyl (C=O) groups is 3. The lowest BCUT2D eigenvalue weighted by Gasteiger charge is -2.27. The highest BCUT2D eigenvalue weighted by atomic mass is 16.2. The van der Waals surface area contributed by atoms with E-state index >= 15 is 0 Å². The van der Waals surface area contributed by atoms with E-state index in [9.17, 15) is 19.6 Å². The Hall–Kier alpha value is -2.88. The minimum absolute atomic E-state index is 0.380. The Morgan fingerprint density at radius 1 is 1.25 bits per heavy atom. The molecule has 1 saturated carbocycles. The summed E-state index contributed by atoms with van der Waals surface area (Å²) in [5.41, 5.74) is -1.31. The van der Waals surface area contributed by atoms with E-state index in [1.165, 1.54) is 0 Å². The van der Waals surface area contributed by atoms with Crippen LogP contribution in [0, 0.1) is 11.3 Å². The number of urea groups is 1. The number of nitrogens with zero attached hydrogens (tertiary/aromatic N) is 2. The first-order chi connectivity index (χ1) is 13.5. The van der Waals surface area contributed by atoms with Crippen molar-refractivity contribution in [3.8, 4) is 6.07 Å². The molecule has 1 unspecified atom stereocenters. The highest BCUT2D eigenvalue weighted by Gasteiger charge is 2.52. The molecule has 1 aliphatic heterocycles. The van der Waals surface area contributed by atoms with Crippen molar-refractivity contribution in [1.82, 2.24) is 15.5 Å². The molecule has 0 spiro atoms. The molecule has 0 bridgehead atoms. The van der Waals surface area contributed by atoms with Gasteiger partial charge in [0.2, 0.25) is 5.91 Å². The van der Waals surface area contributed by atoms with Gasteiger partial charge in [-0.2, -0.15) is 5.26 Å². The third kappa shape index (κ3) is 3.59. The summed E-state index contributed by atoms with van der Waals surface area (Å²) in [5, 5.41) is 15.0. The smallest absolute Gasteiger partial charge is 0.325 e. The zero-order valence-corrected chi connectivity index (χ0v) is 16.2. The molecule has 2 N–H and O–H groups in total. The average Bonchev–Trinajstić information content (AvgIpc) is 3.26. The van der Waals surface area contributed by atoms with E-state index < -0.39 is 28.9 Å². The summed E-state index contributed by atoms with van der Waals surface area (Å²) in [6.45, 7) is 1.64. The number of carbonyl (C=O) groups excluding carboxylic acids is 3. The highest BCUT2D eigenvalue weighted by Crippen LogP contribution is 2.34. The first-order valence-electron chi connectivity index (χ1n) is 9.88. The predicted octanol–water partition coefficient (Wildman–Crippen LogP) is 2.58. The van der Waals surface area contributed by atoms with Crippen LogP contribution in [0.1, 0.15) is 57.4 Å². The number of nitrogens with one attached hydrogen (secondary N) is 2. The first kappa shape index (κ1) is 19.9. The Bertz CT molecular complexity index is 796. The van der Waals surface area contributed by atoms with Crippen LogP contribution in [0.5, 0.6) is 0 Å². The van der Waals surface area contributed by atoms with Crippen LogP contribution in [-0.4, -0.2) is 34.8 Å². The predicted molar refractivity (Wildman–Crippen MR) is 103 cm³/mol. The van der Waals surface area contributed by atoms with Gasteiger partial charge in [0.15, 0.2) is 0 Å². The molecule has 7 nitrogen and oxygen atoms in total. The van der Waals surface area contributed by atoms with Gasteiger partial charge in [-0.25, -0.2) is 4.79 Å². The standard InChI is InChI=1S/C21H26N4O3/c1-2-3-13-21(16-9-5-4-6-10-16)18(27)25(19(28)24-21)14-17(26)23-20(15-22)11-7-8-12-20/h4-6,9-10H,2-3,7-8,11-14H2,1H3,(H,23,26)(H,24,28). The second-order valence-corrected chi connectivity index (χ2v) is 7.65. The van der Waals surface area contributed by atoms with Crippen molar-refractivity contribution in [3.05, 3.63) is 35.9 Å². The number of hydrogen-bond donors (Lipinski definition) is 2. The Balaban J connectivity index is 1.79. The number of imide groups is 1. The number of rotatable bonds is 7. The van der Waals surface area contributed by atoms with Crippen molar-refractivity contribution in [3.63, 3.8) is 0 Å². The summed E-state index contributed by atoms with van der Waals surface area (Å²) in [5.74, 6) is -0.893. The van der Waals surface area contributed by atoms with Gasteiger partial charge in [-0.1, -0.05) is 50.1 Å². The number of unbranched alkanes of at least 4 members (excludes halogenated alkanes) is 1. The minimum Gasteiger partial charge on any atom is -0.336 e. The third-order valence-corrected chi connectivity index (χ3v) is 5.70. The molecule has 1 aliphatic carbocycles. The average molecular weight is 382 g/mol. The fraction of sp³-hybridized carbons (Fsp3) is 0.524. The van der Waals surface area contributed by atoms with Gasteiger partial charge in [-0.3, -0.25) is 14.5 Å². The monoisotopic (exact) mass is 382 g/mol. The summed E-state index contributed by atoms with van der Waals surface area (Å²) in [7, 11) is 0. The molecule has 1 atom stereocenters. The largest absolute Gasteiger partial charge is 0.336 e. The Labute approximate surface area is 165 Å². The zero-order chi connectivity index (χ0) is 20.2. The fourth-order valence-electron chi connectivity index (χ4n) is 4.14. The fourth-order valence-corrected chi connectivity index (χ4v) is 4.14. The number of hydrogen-bond acceptors (Lipinski definition) is 4. The van der Waals surface area contributed by atoms with Crippen LogP contribution in [0.15, 0.2) is 30.3 Å². The lowest BCUT2D eigenvalue weighted by molar-refractivity contribution is -0.135. The molecular formula is C21H26N4O3. The van der Waals surface area contributed by atoms with Crippen LogP contribution in [0.25, 0.3) is 0 Å². The number of nitriles is 1. The summed E-state index contributed by atoms with van der Waals surface area (Å²) in [4.78, 5) is 39.4. The SMILES string of the molecule is CCCCC1(c2ccccc2)NC(=O)N(CC(=O)NC2(C#N)CCCC2)C1=O. The second-order valence-electron chi connectivity index (χ2n) is 7.65. The van der Waals surface area contributed by atoms with Gasteiger partial charge in [-0.05, 0) is 37.7 Å². The summed E-state index contributed by atoms with van der Waals surface area (Å²) in [6, 6.07) is 10.8. The van der Waals surface area contributed by atoms with Gasteiger partial charge in [0.05, 0.1) is 6.07 Å². The van der Waals surface area contributed by atoms with Gasteiger partial charge in [0.1, 0.15) is 17.6 Å². The lowest BCUT2D eigenvalue weighted by Crippen LogP contribution is -2.50. The van der Waals surface area contributed by atoms with Crippen LogP contribution in [0.2, 0.25) is 0 Å². The summed E-state index contributed by atoms with van der Waals surface area (Å²) >= 11 is 0. The second kappa shape index (κ2) is 8.01. The maximum absolute atomic E-state index is 13.3. The Morgan fingerprint density at radius 3 is 2.54 bits per heavy atom. The molecule has 1 saturated heterocycles. The van der Waals surface area contributed by atoms with Crippen molar-refractivity contribution in [2.24, 2.45) is 0 Å². The van der Waals surface area contributed by atoms with Crippen molar-refractivity contribution in [2.45, 2.75) is 62.9 Å². The summed E-state index contributed by atoms with van der Waals surface area (Å²) in [6.07, 6.45) is 5.07. The van der Waals surface area contributed by atoms with Crippen molar-refractivity contribution >= 4 is 17.8 Å². The van der Waals surface area contributed by atoms with Gasteiger partial charge in [-0.15, -0.1) is 0 Å². The molecule has 1 heterocycles. The normalized spacial score (nSPS) is 23.4. The molecule has 2 fully saturated rings. The van der Waals surface area contributed by atoms with Gasteiger partial charge in [0.25, 0.3) is 5.91 Å². The zero-order valence-electron chi connectivity index (χ0n) is 16.2. The molecule has 4 amide bonds. The van der Waals surface area contributed by atoms with Gasteiger partial charge < -0.3 is 10.6 Å². The third-order valence-electron chi connectivity index (χ3n) is 5.70. The van der Waals surface area contributed by atoms with Gasteiger partial charge in [0, 0.05) is 0 Å². The summed E-state index contributed by atoms with van der Waals surface area (Å²) < 4.78 is 0. The van der Waals surface area contributed by atoms with E-state index in [0.29, 0.717) is 24.8 Å². The molecular weight excluding hydrogens is 356 g/mol. The topological polar surface area (TPSA) is 102 Å². The molecule has 7 heteroatoms. The molecule has 3 rings (SSSR count). The number of benzene rings is 1. The minimum atomic E-state index is -1.14. The maximum Gasteiger partial charge on any atom is 0.325 e. The van der Waals surface area contributed by atoms with Crippen molar-refractivity contribution < 1.29 is 14.4 Å². The van der Waals surface area contributed by atoms with E-state index in [4.69, 9.17) is 0 Å². The Morgan fingerprint density at radius 2 is 1.93 bits per heavy atom. The van der Waals surface area contributed by atoms with Crippen LogP contribution in [0.3, 0.4) is 0 Å². The van der Waals surface area contributed by atoms with E-state index in [-0.39, 0.29) is 6.54 Å². The van der Waals surface area contributed by atoms with E-state index in [2.05, 4.69) is 16.7 Å². The van der Waals surface area contributed by atoms with E-state index in [0.717, 1.165) is 30.6 Å². The van der Waals surface area contributed by atoms with Crippen LogP contribution >= 0.6 is 0 Å². The molecule has 28 heavy (non-hydrogen) atoms. The maximum atomic E-state index is 13.3. The first-order valence-corrected chi connectivity index (χ1v) is 9.88. The lowest BCUT2D eigenvalue weighted by atomic mass is 9.85. The molecule has 0 aromatic heterocycles.